The number of methoxy groups -OCH3 is 3. The van der Waals surface area contributed by atoms with Crippen molar-refractivity contribution in [2.24, 2.45) is 0 Å². The molecule has 0 bridgehead atoms. The summed E-state index contributed by atoms with van der Waals surface area (Å²) >= 11 is 0. The lowest BCUT2D eigenvalue weighted by Gasteiger charge is -2.38. The third-order valence-electron chi connectivity index (χ3n) is 5.98. The van der Waals surface area contributed by atoms with Crippen LogP contribution in [0.3, 0.4) is 0 Å². The topological polar surface area (TPSA) is 57.2 Å². The van der Waals surface area contributed by atoms with Gasteiger partial charge in [-0.2, -0.15) is 0 Å². The molecule has 1 aliphatic rings. The average molecular weight is 448 g/mol. The fourth-order valence-electron chi connectivity index (χ4n) is 4.39. The van der Waals surface area contributed by atoms with Crippen LogP contribution in [0.2, 0.25) is 0 Å². The molecule has 0 aliphatic carbocycles. The minimum absolute atomic E-state index is 0.0692. The van der Waals surface area contributed by atoms with Gasteiger partial charge in [-0.1, -0.05) is 24.3 Å². The van der Waals surface area contributed by atoms with Crippen LogP contribution in [0.1, 0.15) is 40.0 Å². The van der Waals surface area contributed by atoms with Gasteiger partial charge in [0, 0.05) is 6.54 Å². The first kappa shape index (κ1) is 22.5. The van der Waals surface area contributed by atoms with Gasteiger partial charge in [0.2, 0.25) is 0 Å². The summed E-state index contributed by atoms with van der Waals surface area (Å²) in [6, 6.07) is 19.0. The van der Waals surface area contributed by atoms with Crippen LogP contribution in [0.25, 0.3) is 0 Å². The van der Waals surface area contributed by atoms with E-state index in [0.717, 1.165) is 22.4 Å². The second-order valence-electron chi connectivity index (χ2n) is 7.76. The summed E-state index contributed by atoms with van der Waals surface area (Å²) in [5.74, 6) is 2.61. The molecule has 33 heavy (non-hydrogen) atoms. The number of carbonyl (C=O) groups is 1. The van der Waals surface area contributed by atoms with Crippen LogP contribution in [0.4, 0.5) is 0 Å². The van der Waals surface area contributed by atoms with Crippen molar-refractivity contribution in [1.29, 1.82) is 0 Å². The second-order valence-corrected chi connectivity index (χ2v) is 7.76. The van der Waals surface area contributed by atoms with E-state index in [2.05, 4.69) is 0 Å². The van der Waals surface area contributed by atoms with Crippen LogP contribution in [0, 0.1) is 0 Å². The third kappa shape index (κ3) is 4.33. The molecule has 6 heteroatoms. The van der Waals surface area contributed by atoms with Crippen molar-refractivity contribution in [3.8, 4) is 23.0 Å². The Hall–Kier alpha value is -3.67. The second kappa shape index (κ2) is 9.86. The normalized spacial score (nSPS) is 14.9. The fraction of sp³-hybridized carbons (Fsp3) is 0.296. The van der Waals surface area contributed by atoms with Crippen molar-refractivity contribution in [3.05, 3.63) is 82.9 Å². The van der Waals surface area contributed by atoms with E-state index in [-0.39, 0.29) is 11.9 Å². The van der Waals surface area contributed by atoms with Gasteiger partial charge < -0.3 is 23.8 Å². The Balaban J connectivity index is 1.84. The lowest BCUT2D eigenvalue weighted by Crippen LogP contribution is -2.40. The van der Waals surface area contributed by atoms with Crippen molar-refractivity contribution in [2.45, 2.75) is 19.4 Å². The first-order chi connectivity index (χ1) is 16.1. The highest BCUT2D eigenvalue weighted by atomic mass is 16.5. The molecule has 0 unspecified atom stereocenters. The molecule has 1 heterocycles. The molecule has 0 N–H and O–H groups in total. The van der Waals surface area contributed by atoms with E-state index in [4.69, 9.17) is 18.9 Å². The number of hydrogen-bond donors (Lipinski definition) is 0. The molecule has 0 aromatic heterocycles. The van der Waals surface area contributed by atoms with Crippen LogP contribution in [-0.2, 0) is 6.42 Å². The van der Waals surface area contributed by atoms with Crippen LogP contribution in [0.15, 0.2) is 60.7 Å². The number of para-hydroxylation sites is 1. The largest absolute Gasteiger partial charge is 0.497 e. The zero-order chi connectivity index (χ0) is 23.4. The van der Waals surface area contributed by atoms with E-state index in [1.807, 2.05) is 72.5 Å². The van der Waals surface area contributed by atoms with Gasteiger partial charge in [-0.25, -0.2) is 0 Å². The van der Waals surface area contributed by atoms with E-state index in [1.54, 1.807) is 21.3 Å². The average Bonchev–Trinajstić information content (AvgIpc) is 2.87. The van der Waals surface area contributed by atoms with E-state index < -0.39 is 0 Å². The maximum atomic E-state index is 13.9. The van der Waals surface area contributed by atoms with Crippen LogP contribution in [-0.4, -0.2) is 45.3 Å². The highest BCUT2D eigenvalue weighted by Crippen LogP contribution is 2.42. The van der Waals surface area contributed by atoms with Crippen molar-refractivity contribution in [3.63, 3.8) is 0 Å². The SMILES string of the molecule is CCOc1ccccc1C(=O)N1CCc2cc(OC)c(OC)cc2[C@@H]1c1ccc(OC)cc1. The highest BCUT2D eigenvalue weighted by molar-refractivity contribution is 5.97. The molecule has 4 rings (SSSR count). The Kier molecular flexibility index (Phi) is 6.73. The zero-order valence-electron chi connectivity index (χ0n) is 19.5. The summed E-state index contributed by atoms with van der Waals surface area (Å²) in [5.41, 5.74) is 3.70. The maximum absolute atomic E-state index is 13.9. The van der Waals surface area contributed by atoms with E-state index in [9.17, 15) is 4.79 Å². The van der Waals surface area contributed by atoms with Gasteiger partial charge in [-0.15, -0.1) is 0 Å². The number of benzene rings is 3. The molecular weight excluding hydrogens is 418 g/mol. The lowest BCUT2D eigenvalue weighted by atomic mass is 9.87. The smallest absolute Gasteiger partial charge is 0.258 e. The van der Waals surface area contributed by atoms with E-state index in [0.29, 0.717) is 42.4 Å². The number of fused-ring (bicyclic) bond motifs is 1. The summed E-state index contributed by atoms with van der Waals surface area (Å²) in [5, 5.41) is 0. The molecule has 1 amide bonds. The first-order valence-electron chi connectivity index (χ1n) is 11.0. The predicted molar refractivity (Wildman–Crippen MR) is 127 cm³/mol. The monoisotopic (exact) mass is 447 g/mol. The Morgan fingerprint density at radius 3 is 2.27 bits per heavy atom. The zero-order valence-corrected chi connectivity index (χ0v) is 19.5. The van der Waals surface area contributed by atoms with Crippen molar-refractivity contribution in [1.82, 2.24) is 4.90 Å². The molecule has 0 fully saturated rings. The standard InChI is InChI=1S/C27H29NO5/c1-5-33-23-9-7-6-8-21(23)27(29)28-15-14-19-16-24(31-3)25(32-4)17-22(19)26(28)18-10-12-20(30-2)13-11-18/h6-13,16-17,26H,5,14-15H2,1-4H3/t26-/m0/s1. The summed E-state index contributed by atoms with van der Waals surface area (Å²) in [6.45, 7) is 2.97. The molecule has 3 aromatic carbocycles. The Bertz CT molecular complexity index is 1130. The molecule has 6 nitrogen and oxygen atoms in total. The van der Waals surface area contributed by atoms with Crippen LogP contribution < -0.4 is 18.9 Å². The van der Waals surface area contributed by atoms with Gasteiger partial charge in [0.05, 0.1) is 39.5 Å². The minimum atomic E-state index is -0.290. The van der Waals surface area contributed by atoms with Gasteiger partial charge in [0.25, 0.3) is 5.91 Å². The van der Waals surface area contributed by atoms with Crippen molar-refractivity contribution < 1.29 is 23.7 Å². The van der Waals surface area contributed by atoms with E-state index >= 15 is 0 Å². The van der Waals surface area contributed by atoms with Crippen LogP contribution in [0.5, 0.6) is 23.0 Å². The van der Waals surface area contributed by atoms with Gasteiger partial charge in [-0.05, 0) is 66.4 Å². The highest BCUT2D eigenvalue weighted by Gasteiger charge is 2.34. The lowest BCUT2D eigenvalue weighted by molar-refractivity contribution is 0.0690. The van der Waals surface area contributed by atoms with Gasteiger partial charge in [0.1, 0.15) is 11.5 Å². The maximum Gasteiger partial charge on any atom is 0.258 e. The third-order valence-corrected chi connectivity index (χ3v) is 5.98. The van der Waals surface area contributed by atoms with Crippen LogP contribution >= 0.6 is 0 Å². The molecule has 1 atom stereocenters. The molecule has 1 aliphatic heterocycles. The number of amides is 1. The van der Waals surface area contributed by atoms with Crippen molar-refractivity contribution in [2.75, 3.05) is 34.5 Å². The quantitative estimate of drug-likeness (QED) is 0.516. The first-order valence-corrected chi connectivity index (χ1v) is 11.0. The summed E-state index contributed by atoms with van der Waals surface area (Å²) in [7, 11) is 4.90. The number of ether oxygens (including phenoxy) is 4. The molecule has 0 saturated carbocycles. The summed E-state index contributed by atoms with van der Waals surface area (Å²) < 4.78 is 22.2. The Morgan fingerprint density at radius 1 is 0.909 bits per heavy atom. The predicted octanol–water partition coefficient (Wildman–Crippen LogP) is 4.90. The molecule has 0 spiro atoms. The number of carbonyl (C=O) groups excluding carboxylic acids is 1. The number of hydrogen-bond acceptors (Lipinski definition) is 5. The molecule has 0 saturated heterocycles. The molecular formula is C27H29NO5. The Morgan fingerprint density at radius 2 is 1.61 bits per heavy atom. The summed E-state index contributed by atoms with van der Waals surface area (Å²) in [6.07, 6.45) is 0.713. The van der Waals surface area contributed by atoms with Crippen molar-refractivity contribution >= 4 is 5.91 Å². The molecule has 3 aromatic rings. The van der Waals surface area contributed by atoms with E-state index in [1.165, 1.54) is 0 Å². The van der Waals surface area contributed by atoms with Gasteiger partial charge in [-0.3, -0.25) is 4.79 Å². The molecule has 0 radical (unpaired) electrons. The summed E-state index contributed by atoms with van der Waals surface area (Å²) in [4.78, 5) is 15.8. The Labute approximate surface area is 194 Å². The number of nitrogens with zero attached hydrogens (tertiary/aromatic N) is 1. The molecule has 172 valence electrons. The van der Waals surface area contributed by atoms with Gasteiger partial charge in [0.15, 0.2) is 11.5 Å². The van der Waals surface area contributed by atoms with Gasteiger partial charge >= 0.3 is 0 Å². The number of rotatable bonds is 7. The minimum Gasteiger partial charge on any atom is -0.497 e. The fourth-order valence-corrected chi connectivity index (χ4v) is 4.39.